The highest BCUT2D eigenvalue weighted by atomic mass is 16.5. The van der Waals surface area contributed by atoms with E-state index in [1.165, 1.54) is 0 Å². The Balaban J connectivity index is 1.58. The number of anilines is 1. The zero-order valence-electron chi connectivity index (χ0n) is 17.1. The summed E-state index contributed by atoms with van der Waals surface area (Å²) in [6.45, 7) is 4.54. The number of hydrogen-bond acceptors (Lipinski definition) is 4. The number of carbonyl (C=O) groups excluding carboxylic acids is 2. The summed E-state index contributed by atoms with van der Waals surface area (Å²) in [7, 11) is 1.61. The molecule has 2 amide bonds. The van der Waals surface area contributed by atoms with E-state index in [2.05, 4.69) is 15.5 Å². The third kappa shape index (κ3) is 5.57. The molecule has 0 spiro atoms. The number of ether oxygens (including phenoxy) is 1. The van der Waals surface area contributed by atoms with Crippen molar-refractivity contribution in [3.05, 3.63) is 65.2 Å². The molecule has 1 saturated heterocycles. The van der Waals surface area contributed by atoms with Crippen LogP contribution in [-0.4, -0.2) is 51.2 Å². The van der Waals surface area contributed by atoms with E-state index in [9.17, 15) is 9.59 Å². The van der Waals surface area contributed by atoms with Gasteiger partial charge in [0.15, 0.2) is 0 Å². The molecule has 1 aliphatic heterocycles. The summed E-state index contributed by atoms with van der Waals surface area (Å²) in [5.74, 6) is -0.113. The molecular formula is C23H29N3O3. The molecule has 2 N–H and O–H groups in total. The van der Waals surface area contributed by atoms with Gasteiger partial charge in [-0.1, -0.05) is 29.8 Å². The Hall–Kier alpha value is -2.86. The van der Waals surface area contributed by atoms with Crippen LogP contribution in [0.25, 0.3) is 0 Å². The summed E-state index contributed by atoms with van der Waals surface area (Å²) >= 11 is 0. The summed E-state index contributed by atoms with van der Waals surface area (Å²) in [6.07, 6.45) is 1.69. The molecule has 0 aromatic heterocycles. The maximum Gasteiger partial charge on any atom is 0.253 e. The number of aryl methyl sites for hydroxylation is 1. The van der Waals surface area contributed by atoms with Crippen molar-refractivity contribution in [3.8, 4) is 0 Å². The van der Waals surface area contributed by atoms with Gasteiger partial charge in [0.2, 0.25) is 0 Å². The van der Waals surface area contributed by atoms with E-state index in [4.69, 9.17) is 4.74 Å². The lowest BCUT2D eigenvalue weighted by molar-refractivity contribution is 0.0927. The molecule has 6 nitrogen and oxygen atoms in total. The minimum Gasteiger partial charge on any atom is -0.383 e. The summed E-state index contributed by atoms with van der Waals surface area (Å²) in [4.78, 5) is 27.2. The molecule has 0 atom stereocenters. The van der Waals surface area contributed by atoms with Crippen molar-refractivity contribution < 1.29 is 14.3 Å². The molecule has 29 heavy (non-hydrogen) atoms. The fraction of sp³-hybridized carbons (Fsp3) is 0.391. The number of para-hydroxylation sites is 1. The Labute approximate surface area is 172 Å². The van der Waals surface area contributed by atoms with Gasteiger partial charge in [0.05, 0.1) is 12.2 Å². The molecule has 2 aromatic rings. The largest absolute Gasteiger partial charge is 0.383 e. The third-order valence-electron chi connectivity index (χ3n) is 5.19. The molecule has 1 fully saturated rings. The van der Waals surface area contributed by atoms with E-state index in [1.54, 1.807) is 7.11 Å². The number of piperidine rings is 1. The lowest BCUT2D eigenvalue weighted by Gasteiger charge is -2.35. The number of hydrogen-bond donors (Lipinski definition) is 2. The Bertz CT molecular complexity index is 845. The summed E-state index contributed by atoms with van der Waals surface area (Å²) in [6, 6.07) is 15.4. The lowest BCUT2D eigenvalue weighted by Crippen LogP contribution is -2.45. The van der Waals surface area contributed by atoms with Gasteiger partial charge in [-0.05, 0) is 44.0 Å². The Kier molecular flexibility index (Phi) is 7.25. The zero-order valence-corrected chi connectivity index (χ0v) is 17.1. The molecule has 154 valence electrons. The number of benzene rings is 2. The summed E-state index contributed by atoms with van der Waals surface area (Å²) < 4.78 is 5.00. The first-order chi connectivity index (χ1) is 14.1. The maximum atomic E-state index is 12.5. The van der Waals surface area contributed by atoms with Crippen molar-refractivity contribution in [1.29, 1.82) is 0 Å². The van der Waals surface area contributed by atoms with Gasteiger partial charge in [0.1, 0.15) is 0 Å². The van der Waals surface area contributed by atoms with Crippen molar-refractivity contribution in [2.75, 3.05) is 38.3 Å². The van der Waals surface area contributed by atoms with E-state index in [1.807, 2.05) is 55.5 Å². The Morgan fingerprint density at radius 3 is 2.55 bits per heavy atom. The highest BCUT2D eigenvalue weighted by molar-refractivity contribution is 5.99. The molecule has 3 rings (SSSR count). The van der Waals surface area contributed by atoms with Gasteiger partial charge in [-0.2, -0.15) is 0 Å². The number of nitrogens with one attached hydrogen (secondary N) is 2. The van der Waals surface area contributed by atoms with Crippen molar-refractivity contribution in [1.82, 2.24) is 10.6 Å². The fourth-order valence-electron chi connectivity index (χ4n) is 3.62. The van der Waals surface area contributed by atoms with Gasteiger partial charge in [-0.25, -0.2) is 0 Å². The zero-order chi connectivity index (χ0) is 20.6. The monoisotopic (exact) mass is 395 g/mol. The van der Waals surface area contributed by atoms with E-state index >= 15 is 0 Å². The smallest absolute Gasteiger partial charge is 0.253 e. The predicted octanol–water partition coefficient (Wildman–Crippen LogP) is 2.77. The van der Waals surface area contributed by atoms with Gasteiger partial charge < -0.3 is 20.3 Å². The van der Waals surface area contributed by atoms with Crippen molar-refractivity contribution in [3.63, 3.8) is 0 Å². The third-order valence-corrected chi connectivity index (χ3v) is 5.19. The Morgan fingerprint density at radius 1 is 1.07 bits per heavy atom. The summed E-state index contributed by atoms with van der Waals surface area (Å²) in [5.41, 5.74) is 3.38. The molecule has 0 unspecified atom stereocenters. The van der Waals surface area contributed by atoms with Crippen LogP contribution in [0.15, 0.2) is 48.5 Å². The van der Waals surface area contributed by atoms with E-state index in [-0.39, 0.29) is 17.9 Å². The number of amides is 2. The van der Waals surface area contributed by atoms with Crippen molar-refractivity contribution >= 4 is 17.5 Å². The summed E-state index contributed by atoms with van der Waals surface area (Å²) in [5, 5.41) is 6.04. The molecule has 0 saturated carbocycles. The second-order valence-electron chi connectivity index (χ2n) is 7.37. The second-order valence-corrected chi connectivity index (χ2v) is 7.37. The molecule has 1 heterocycles. The van der Waals surface area contributed by atoms with Gasteiger partial charge in [0.25, 0.3) is 11.8 Å². The normalized spacial score (nSPS) is 14.5. The molecule has 1 aliphatic rings. The molecular weight excluding hydrogens is 366 g/mol. The van der Waals surface area contributed by atoms with Crippen LogP contribution in [0.4, 0.5) is 5.69 Å². The number of methoxy groups -OCH3 is 1. The minimum atomic E-state index is -0.0903. The highest BCUT2D eigenvalue weighted by Crippen LogP contribution is 2.24. The number of rotatable bonds is 7. The van der Waals surface area contributed by atoms with Crippen LogP contribution in [0.1, 0.15) is 39.1 Å². The topological polar surface area (TPSA) is 70.7 Å². The first kappa shape index (κ1) is 20.9. The average Bonchev–Trinajstić information content (AvgIpc) is 2.74. The standard InChI is InChI=1S/C23H29N3O3/c1-17-6-5-7-18(16-17)22(27)25-19-10-13-26(14-11-19)21-9-4-3-8-20(21)23(28)24-12-15-29-2/h3-9,16,19H,10-15H2,1-2H3,(H,24,28)(H,25,27). The highest BCUT2D eigenvalue weighted by Gasteiger charge is 2.24. The molecule has 2 aromatic carbocycles. The van der Waals surface area contributed by atoms with Crippen LogP contribution in [-0.2, 0) is 4.74 Å². The second kappa shape index (κ2) is 10.1. The van der Waals surface area contributed by atoms with Crippen LogP contribution in [0.5, 0.6) is 0 Å². The van der Waals surface area contributed by atoms with E-state index < -0.39 is 0 Å². The molecule has 0 radical (unpaired) electrons. The molecule has 0 aliphatic carbocycles. The van der Waals surface area contributed by atoms with Crippen LogP contribution >= 0.6 is 0 Å². The molecule has 0 bridgehead atoms. The van der Waals surface area contributed by atoms with Crippen molar-refractivity contribution in [2.45, 2.75) is 25.8 Å². The first-order valence-corrected chi connectivity index (χ1v) is 10.1. The molecule has 6 heteroatoms. The first-order valence-electron chi connectivity index (χ1n) is 10.1. The SMILES string of the molecule is COCCNC(=O)c1ccccc1N1CCC(NC(=O)c2cccc(C)c2)CC1. The number of nitrogens with zero attached hydrogens (tertiary/aromatic N) is 1. The van der Waals surface area contributed by atoms with Gasteiger partial charge in [-0.3, -0.25) is 9.59 Å². The van der Waals surface area contributed by atoms with Crippen LogP contribution < -0.4 is 15.5 Å². The van der Waals surface area contributed by atoms with Gasteiger partial charge in [-0.15, -0.1) is 0 Å². The Morgan fingerprint density at radius 2 is 1.83 bits per heavy atom. The van der Waals surface area contributed by atoms with Crippen LogP contribution in [0.2, 0.25) is 0 Å². The number of carbonyl (C=O) groups is 2. The predicted molar refractivity (Wildman–Crippen MR) is 115 cm³/mol. The maximum absolute atomic E-state index is 12.5. The lowest BCUT2D eigenvalue weighted by atomic mass is 10.0. The van der Waals surface area contributed by atoms with Crippen LogP contribution in [0, 0.1) is 6.92 Å². The van der Waals surface area contributed by atoms with Gasteiger partial charge in [0, 0.05) is 44.0 Å². The van der Waals surface area contributed by atoms with Gasteiger partial charge >= 0.3 is 0 Å². The average molecular weight is 396 g/mol. The fourth-order valence-corrected chi connectivity index (χ4v) is 3.62. The minimum absolute atomic E-state index is 0.0231. The quantitative estimate of drug-likeness (QED) is 0.708. The van der Waals surface area contributed by atoms with Crippen molar-refractivity contribution in [2.24, 2.45) is 0 Å². The van der Waals surface area contributed by atoms with Crippen LogP contribution in [0.3, 0.4) is 0 Å². The van der Waals surface area contributed by atoms with E-state index in [0.29, 0.717) is 24.3 Å². The van der Waals surface area contributed by atoms with E-state index in [0.717, 1.165) is 37.2 Å².